The van der Waals surface area contributed by atoms with Crippen LogP contribution in [0.2, 0.25) is 0 Å². The van der Waals surface area contributed by atoms with E-state index in [1.54, 1.807) is 0 Å². The van der Waals surface area contributed by atoms with Crippen LogP contribution in [0, 0.1) is 0 Å². The van der Waals surface area contributed by atoms with Crippen LogP contribution in [0.5, 0.6) is 0 Å². The number of aliphatic carboxylic acids is 1. The summed E-state index contributed by atoms with van der Waals surface area (Å²) in [6.07, 6.45) is -0.399. The highest BCUT2D eigenvalue weighted by Gasteiger charge is 2.45. The fraction of sp³-hybridized carbons (Fsp3) is 0.300. The Hall–Kier alpha value is -1.61. The van der Waals surface area contributed by atoms with Crippen LogP contribution in [-0.4, -0.2) is 25.0 Å². The molecule has 0 aromatic heterocycles. The first-order valence-electron chi connectivity index (χ1n) is 4.98. The minimum absolute atomic E-state index is 0.178. The van der Waals surface area contributed by atoms with Gasteiger partial charge in [-0.25, -0.2) is 13.1 Å². The third-order valence-corrected chi connectivity index (χ3v) is 3.35. The molecule has 19 heavy (non-hydrogen) atoms. The maximum atomic E-state index is 12.1. The SMILES string of the molecule is O=C(O)Cc1ccccc1CNS(=O)(=O)C(F)(F)F. The minimum atomic E-state index is -5.44. The van der Waals surface area contributed by atoms with Crippen molar-refractivity contribution in [1.29, 1.82) is 0 Å². The summed E-state index contributed by atoms with van der Waals surface area (Å²) in [6, 6.07) is 5.76. The van der Waals surface area contributed by atoms with Crippen LogP contribution >= 0.6 is 0 Å². The van der Waals surface area contributed by atoms with Crippen molar-refractivity contribution in [1.82, 2.24) is 4.72 Å². The van der Waals surface area contributed by atoms with E-state index in [1.165, 1.54) is 29.0 Å². The molecule has 0 bridgehead atoms. The molecule has 1 aromatic rings. The van der Waals surface area contributed by atoms with Gasteiger partial charge in [0.25, 0.3) is 0 Å². The van der Waals surface area contributed by atoms with E-state index in [4.69, 9.17) is 5.11 Å². The van der Waals surface area contributed by atoms with Gasteiger partial charge in [0.15, 0.2) is 0 Å². The van der Waals surface area contributed by atoms with Crippen molar-refractivity contribution in [2.45, 2.75) is 18.5 Å². The van der Waals surface area contributed by atoms with Crippen molar-refractivity contribution in [2.24, 2.45) is 0 Å². The molecule has 106 valence electrons. The van der Waals surface area contributed by atoms with Crippen LogP contribution in [0.15, 0.2) is 24.3 Å². The fourth-order valence-corrected chi connectivity index (χ4v) is 1.83. The Kier molecular flexibility index (Phi) is 4.53. The maximum absolute atomic E-state index is 12.1. The summed E-state index contributed by atoms with van der Waals surface area (Å²) in [5, 5.41) is 8.63. The molecule has 0 aliphatic rings. The molecule has 0 saturated heterocycles. The van der Waals surface area contributed by atoms with Gasteiger partial charge in [-0.15, -0.1) is 0 Å². The summed E-state index contributed by atoms with van der Waals surface area (Å²) in [5.74, 6) is -1.16. The first kappa shape index (κ1) is 15.4. The van der Waals surface area contributed by atoms with Gasteiger partial charge in [-0.1, -0.05) is 24.3 Å². The Morgan fingerprint density at radius 2 is 1.74 bits per heavy atom. The van der Waals surface area contributed by atoms with Crippen LogP contribution < -0.4 is 4.72 Å². The Bertz CT molecular complexity index is 568. The second-order valence-electron chi connectivity index (χ2n) is 3.61. The molecule has 0 saturated carbocycles. The summed E-state index contributed by atoms with van der Waals surface area (Å²) in [6.45, 7) is -0.620. The van der Waals surface area contributed by atoms with Crippen molar-refractivity contribution in [3.63, 3.8) is 0 Å². The van der Waals surface area contributed by atoms with Gasteiger partial charge in [0.1, 0.15) is 0 Å². The number of alkyl halides is 3. The number of sulfonamides is 1. The lowest BCUT2D eigenvalue weighted by Crippen LogP contribution is -2.36. The third kappa shape index (κ3) is 4.21. The zero-order valence-electron chi connectivity index (χ0n) is 9.44. The van der Waals surface area contributed by atoms with Crippen molar-refractivity contribution in [2.75, 3.05) is 0 Å². The molecule has 1 aromatic carbocycles. The number of nitrogens with one attached hydrogen (secondary N) is 1. The van der Waals surface area contributed by atoms with Crippen LogP contribution in [-0.2, 0) is 27.8 Å². The summed E-state index contributed by atoms with van der Waals surface area (Å²) in [4.78, 5) is 10.6. The van der Waals surface area contributed by atoms with Crippen LogP contribution in [0.4, 0.5) is 13.2 Å². The van der Waals surface area contributed by atoms with E-state index in [0.29, 0.717) is 0 Å². The molecule has 2 N–H and O–H groups in total. The molecule has 0 radical (unpaired) electrons. The molecule has 0 aliphatic carbocycles. The average Bonchev–Trinajstić information content (AvgIpc) is 2.25. The number of carboxylic acids is 1. The van der Waals surface area contributed by atoms with Gasteiger partial charge in [0.2, 0.25) is 0 Å². The topological polar surface area (TPSA) is 83.5 Å². The first-order valence-corrected chi connectivity index (χ1v) is 6.46. The predicted molar refractivity (Wildman–Crippen MR) is 59.6 cm³/mol. The van der Waals surface area contributed by atoms with Gasteiger partial charge in [-0.05, 0) is 11.1 Å². The van der Waals surface area contributed by atoms with E-state index in [-0.39, 0.29) is 11.1 Å². The number of carboxylic acid groups (broad SMARTS) is 1. The number of carbonyl (C=O) groups is 1. The van der Waals surface area contributed by atoms with E-state index < -0.39 is 34.5 Å². The van der Waals surface area contributed by atoms with Crippen molar-refractivity contribution < 1.29 is 31.5 Å². The van der Waals surface area contributed by atoms with Gasteiger partial charge in [0, 0.05) is 6.54 Å². The third-order valence-electron chi connectivity index (χ3n) is 2.22. The molecule has 5 nitrogen and oxygen atoms in total. The maximum Gasteiger partial charge on any atom is 0.511 e. The van der Waals surface area contributed by atoms with Crippen molar-refractivity contribution in [3.05, 3.63) is 35.4 Å². The molecular formula is C10H10F3NO4S. The van der Waals surface area contributed by atoms with Crippen LogP contribution in [0.3, 0.4) is 0 Å². The van der Waals surface area contributed by atoms with Gasteiger partial charge < -0.3 is 5.11 Å². The monoisotopic (exact) mass is 297 g/mol. The van der Waals surface area contributed by atoms with E-state index in [9.17, 15) is 26.4 Å². The van der Waals surface area contributed by atoms with Crippen LogP contribution in [0.1, 0.15) is 11.1 Å². The molecule has 1 rings (SSSR count). The Morgan fingerprint density at radius 1 is 1.21 bits per heavy atom. The summed E-state index contributed by atoms with van der Waals surface area (Å²) >= 11 is 0. The molecule has 0 spiro atoms. The number of benzene rings is 1. The lowest BCUT2D eigenvalue weighted by molar-refractivity contribution is -0.136. The zero-order chi connectivity index (χ0) is 14.7. The lowest BCUT2D eigenvalue weighted by atomic mass is 10.1. The smallest absolute Gasteiger partial charge is 0.481 e. The second-order valence-corrected chi connectivity index (χ2v) is 5.37. The minimum Gasteiger partial charge on any atom is -0.481 e. The van der Waals surface area contributed by atoms with Gasteiger partial charge in [-0.2, -0.15) is 13.2 Å². The van der Waals surface area contributed by atoms with E-state index in [2.05, 4.69) is 0 Å². The molecule has 0 atom stereocenters. The lowest BCUT2D eigenvalue weighted by Gasteiger charge is -2.11. The molecule has 0 unspecified atom stereocenters. The number of hydrogen-bond acceptors (Lipinski definition) is 3. The van der Waals surface area contributed by atoms with Gasteiger partial charge in [0.05, 0.1) is 6.42 Å². The number of rotatable bonds is 5. The van der Waals surface area contributed by atoms with Crippen molar-refractivity contribution >= 4 is 16.0 Å². The Labute approximate surface area is 107 Å². The van der Waals surface area contributed by atoms with Gasteiger partial charge in [-0.3, -0.25) is 4.79 Å². The number of hydrogen-bond donors (Lipinski definition) is 2. The number of halogens is 3. The predicted octanol–water partition coefficient (Wildman–Crippen LogP) is 1.25. The molecule has 9 heteroatoms. The summed E-state index contributed by atoms with van der Waals surface area (Å²) in [7, 11) is -5.44. The highest BCUT2D eigenvalue weighted by Crippen LogP contribution is 2.22. The average molecular weight is 297 g/mol. The molecule has 0 amide bonds. The largest absolute Gasteiger partial charge is 0.511 e. The standard InChI is InChI=1S/C10H10F3NO4S/c11-10(12,13)19(17,18)14-6-8-4-2-1-3-7(8)5-9(15)16/h1-4,14H,5-6H2,(H,15,16). The molecular weight excluding hydrogens is 287 g/mol. The van der Waals surface area contributed by atoms with Crippen molar-refractivity contribution in [3.8, 4) is 0 Å². The van der Waals surface area contributed by atoms with E-state index >= 15 is 0 Å². The highest BCUT2D eigenvalue weighted by atomic mass is 32.2. The molecule has 0 fully saturated rings. The Balaban J connectivity index is 2.87. The van der Waals surface area contributed by atoms with E-state index in [0.717, 1.165) is 0 Å². The Morgan fingerprint density at radius 3 is 2.21 bits per heavy atom. The first-order chi connectivity index (χ1) is 8.63. The fourth-order valence-electron chi connectivity index (χ4n) is 1.32. The summed E-state index contributed by atoms with van der Waals surface area (Å²) < 4.78 is 59.3. The molecule has 0 aliphatic heterocycles. The normalized spacial score (nSPS) is 12.4. The van der Waals surface area contributed by atoms with Gasteiger partial charge >= 0.3 is 21.5 Å². The summed E-state index contributed by atoms with van der Waals surface area (Å²) in [5.41, 5.74) is -4.97. The highest BCUT2D eigenvalue weighted by molar-refractivity contribution is 7.90. The molecule has 0 heterocycles. The zero-order valence-corrected chi connectivity index (χ0v) is 10.3. The van der Waals surface area contributed by atoms with Crippen LogP contribution in [0.25, 0.3) is 0 Å². The quantitative estimate of drug-likeness (QED) is 0.857. The van der Waals surface area contributed by atoms with E-state index in [1.807, 2.05) is 0 Å². The second kappa shape index (κ2) is 5.57.